The van der Waals surface area contributed by atoms with Crippen LogP contribution in [0, 0.1) is 20.8 Å². The van der Waals surface area contributed by atoms with Crippen molar-refractivity contribution in [2.45, 2.75) is 47.0 Å². The lowest BCUT2D eigenvalue weighted by molar-refractivity contribution is 0.816. The van der Waals surface area contributed by atoms with Gasteiger partial charge in [-0.1, -0.05) is 49.6 Å². The Morgan fingerprint density at radius 1 is 1.13 bits per heavy atom. The van der Waals surface area contributed by atoms with E-state index < -0.39 is 0 Å². The minimum absolute atomic E-state index is 1.20. The minimum Gasteiger partial charge on any atom is -0.0839 e. The molecular formula is C15H22. The van der Waals surface area contributed by atoms with E-state index in [-0.39, 0.29) is 0 Å². The van der Waals surface area contributed by atoms with Gasteiger partial charge in [-0.2, -0.15) is 0 Å². The lowest BCUT2D eigenvalue weighted by Gasteiger charge is -2.06. The van der Waals surface area contributed by atoms with Crippen molar-refractivity contribution < 1.29 is 0 Å². The van der Waals surface area contributed by atoms with Gasteiger partial charge in [0.1, 0.15) is 0 Å². The third-order valence-corrected chi connectivity index (χ3v) is 2.87. The molecule has 0 fully saturated rings. The van der Waals surface area contributed by atoms with Crippen LogP contribution < -0.4 is 0 Å². The van der Waals surface area contributed by atoms with E-state index >= 15 is 0 Å². The van der Waals surface area contributed by atoms with Crippen molar-refractivity contribution in [1.29, 1.82) is 0 Å². The summed E-state index contributed by atoms with van der Waals surface area (Å²) in [6.45, 7) is 8.78. The predicted molar refractivity (Wildman–Crippen MR) is 69.2 cm³/mol. The van der Waals surface area contributed by atoms with Crippen molar-refractivity contribution in [1.82, 2.24) is 0 Å². The third kappa shape index (κ3) is 3.54. The number of unbranched alkanes of at least 4 members (excludes halogenated alkanes) is 2. The van der Waals surface area contributed by atoms with Gasteiger partial charge in [-0.15, -0.1) is 0 Å². The van der Waals surface area contributed by atoms with Crippen LogP contribution in [0.3, 0.4) is 0 Å². The highest BCUT2D eigenvalue weighted by Gasteiger charge is 1.98. The number of rotatable bonds is 4. The molecule has 0 saturated carbocycles. The average Bonchev–Trinajstić information content (AvgIpc) is 2.19. The molecule has 0 heteroatoms. The lowest BCUT2D eigenvalue weighted by atomic mass is 9.99. The minimum atomic E-state index is 1.20. The maximum absolute atomic E-state index is 2.30. The fourth-order valence-corrected chi connectivity index (χ4v) is 1.78. The van der Waals surface area contributed by atoms with Gasteiger partial charge in [0, 0.05) is 0 Å². The SMILES string of the molecule is CCCCC=Cc1cc(C)cc(C)c1C. The van der Waals surface area contributed by atoms with Crippen molar-refractivity contribution in [2.24, 2.45) is 0 Å². The Labute approximate surface area is 94.0 Å². The van der Waals surface area contributed by atoms with Gasteiger partial charge in [-0.05, 0) is 43.9 Å². The van der Waals surface area contributed by atoms with E-state index in [1.54, 1.807) is 0 Å². The summed E-state index contributed by atoms with van der Waals surface area (Å²) in [6, 6.07) is 4.52. The topological polar surface area (TPSA) is 0 Å². The van der Waals surface area contributed by atoms with Crippen LogP contribution in [0.5, 0.6) is 0 Å². The van der Waals surface area contributed by atoms with E-state index in [0.29, 0.717) is 0 Å². The smallest absolute Gasteiger partial charge is 0.0225 e. The van der Waals surface area contributed by atoms with Gasteiger partial charge in [0.15, 0.2) is 0 Å². The van der Waals surface area contributed by atoms with Crippen LogP contribution in [-0.2, 0) is 0 Å². The Bertz CT molecular complexity index is 345. The Kier molecular flexibility index (Phi) is 4.61. The molecule has 0 radical (unpaired) electrons. The molecule has 1 aromatic carbocycles. The molecule has 0 aliphatic heterocycles. The molecule has 0 nitrogen and oxygen atoms in total. The van der Waals surface area contributed by atoms with Gasteiger partial charge in [-0.25, -0.2) is 0 Å². The van der Waals surface area contributed by atoms with E-state index in [9.17, 15) is 0 Å². The van der Waals surface area contributed by atoms with Gasteiger partial charge in [0.2, 0.25) is 0 Å². The number of hydrogen-bond acceptors (Lipinski definition) is 0. The molecule has 1 rings (SSSR count). The maximum Gasteiger partial charge on any atom is -0.0225 e. The van der Waals surface area contributed by atoms with Crippen molar-refractivity contribution >= 4 is 6.08 Å². The number of allylic oxidation sites excluding steroid dienone is 1. The summed E-state index contributed by atoms with van der Waals surface area (Å²) in [4.78, 5) is 0. The van der Waals surface area contributed by atoms with Crippen LogP contribution in [0.4, 0.5) is 0 Å². The van der Waals surface area contributed by atoms with E-state index in [1.165, 1.54) is 41.5 Å². The molecule has 0 spiro atoms. The quantitative estimate of drug-likeness (QED) is 0.614. The monoisotopic (exact) mass is 202 g/mol. The molecular weight excluding hydrogens is 180 g/mol. The second kappa shape index (κ2) is 5.75. The fourth-order valence-electron chi connectivity index (χ4n) is 1.78. The van der Waals surface area contributed by atoms with Crippen LogP contribution >= 0.6 is 0 Å². The second-order valence-corrected chi connectivity index (χ2v) is 4.34. The predicted octanol–water partition coefficient (Wildman–Crippen LogP) is 4.82. The third-order valence-electron chi connectivity index (χ3n) is 2.87. The first-order chi connectivity index (χ1) is 7.15. The Morgan fingerprint density at radius 3 is 2.53 bits per heavy atom. The Hall–Kier alpha value is -1.04. The Morgan fingerprint density at radius 2 is 1.87 bits per heavy atom. The highest BCUT2D eigenvalue weighted by Crippen LogP contribution is 2.17. The van der Waals surface area contributed by atoms with Gasteiger partial charge < -0.3 is 0 Å². The van der Waals surface area contributed by atoms with Crippen molar-refractivity contribution in [3.8, 4) is 0 Å². The van der Waals surface area contributed by atoms with Crippen LogP contribution in [0.1, 0.15) is 48.4 Å². The standard InChI is InChI=1S/C15H22/c1-5-6-7-8-9-15-11-12(2)10-13(3)14(15)4/h8-11H,5-7H2,1-4H3. The summed E-state index contributed by atoms with van der Waals surface area (Å²) in [5.41, 5.74) is 5.54. The molecule has 0 aromatic heterocycles. The van der Waals surface area contributed by atoms with Gasteiger partial charge in [-0.3, -0.25) is 0 Å². The largest absolute Gasteiger partial charge is 0.0839 e. The lowest BCUT2D eigenvalue weighted by Crippen LogP contribution is -1.87. The molecule has 0 aliphatic rings. The van der Waals surface area contributed by atoms with Crippen molar-refractivity contribution in [3.05, 3.63) is 40.5 Å². The Balaban J connectivity index is 2.80. The number of aryl methyl sites for hydroxylation is 2. The number of benzene rings is 1. The first-order valence-corrected chi connectivity index (χ1v) is 5.89. The second-order valence-electron chi connectivity index (χ2n) is 4.34. The molecule has 0 atom stereocenters. The van der Waals surface area contributed by atoms with Crippen LogP contribution in [-0.4, -0.2) is 0 Å². The van der Waals surface area contributed by atoms with Crippen molar-refractivity contribution in [3.63, 3.8) is 0 Å². The van der Waals surface area contributed by atoms with Crippen LogP contribution in [0.2, 0.25) is 0 Å². The highest BCUT2D eigenvalue weighted by atomic mass is 14.0. The van der Waals surface area contributed by atoms with E-state index in [1.807, 2.05) is 0 Å². The van der Waals surface area contributed by atoms with E-state index in [0.717, 1.165) is 0 Å². The van der Waals surface area contributed by atoms with Gasteiger partial charge in [0.25, 0.3) is 0 Å². The highest BCUT2D eigenvalue weighted by molar-refractivity contribution is 5.56. The maximum atomic E-state index is 2.30. The zero-order valence-electron chi connectivity index (χ0n) is 10.4. The normalized spacial score (nSPS) is 11.2. The molecule has 0 N–H and O–H groups in total. The van der Waals surface area contributed by atoms with Gasteiger partial charge >= 0.3 is 0 Å². The molecule has 82 valence electrons. The molecule has 0 heterocycles. The molecule has 1 aromatic rings. The van der Waals surface area contributed by atoms with Crippen LogP contribution in [0.15, 0.2) is 18.2 Å². The van der Waals surface area contributed by atoms with E-state index in [2.05, 4.69) is 52.0 Å². The van der Waals surface area contributed by atoms with E-state index in [4.69, 9.17) is 0 Å². The van der Waals surface area contributed by atoms with Crippen LogP contribution in [0.25, 0.3) is 6.08 Å². The molecule has 0 amide bonds. The fraction of sp³-hybridized carbons (Fsp3) is 0.467. The van der Waals surface area contributed by atoms with Crippen molar-refractivity contribution in [2.75, 3.05) is 0 Å². The number of hydrogen-bond donors (Lipinski definition) is 0. The summed E-state index contributed by atoms with van der Waals surface area (Å²) in [7, 11) is 0. The molecule has 0 aliphatic carbocycles. The first-order valence-electron chi connectivity index (χ1n) is 5.89. The molecule has 0 bridgehead atoms. The zero-order chi connectivity index (χ0) is 11.3. The molecule has 0 saturated heterocycles. The average molecular weight is 202 g/mol. The van der Waals surface area contributed by atoms with Gasteiger partial charge in [0.05, 0.1) is 0 Å². The molecule has 15 heavy (non-hydrogen) atoms. The summed E-state index contributed by atoms with van der Waals surface area (Å²) < 4.78 is 0. The molecule has 0 unspecified atom stereocenters. The summed E-state index contributed by atoms with van der Waals surface area (Å²) >= 11 is 0. The first kappa shape index (κ1) is 12.0. The zero-order valence-corrected chi connectivity index (χ0v) is 10.4. The summed E-state index contributed by atoms with van der Waals surface area (Å²) in [5, 5.41) is 0. The summed E-state index contributed by atoms with van der Waals surface area (Å²) in [6.07, 6.45) is 8.33. The summed E-state index contributed by atoms with van der Waals surface area (Å²) in [5.74, 6) is 0.